The van der Waals surface area contributed by atoms with Gasteiger partial charge in [0.1, 0.15) is 5.75 Å². The molecule has 0 heterocycles. The van der Waals surface area contributed by atoms with Crippen LogP contribution in [0.5, 0.6) is 5.75 Å². The molecule has 1 aromatic carbocycles. The highest BCUT2D eigenvalue weighted by atomic mass is 16.5. The predicted molar refractivity (Wildman–Crippen MR) is 96.0 cm³/mol. The Labute approximate surface area is 140 Å². The van der Waals surface area contributed by atoms with Gasteiger partial charge in [-0.25, -0.2) is 0 Å². The van der Waals surface area contributed by atoms with Crippen molar-refractivity contribution in [1.29, 1.82) is 0 Å². The van der Waals surface area contributed by atoms with Gasteiger partial charge in [-0.1, -0.05) is 26.3 Å². The normalized spacial score (nSPS) is 33.3. The molecular weight excluding hydrogens is 284 g/mol. The Bertz CT molecular complexity index is 583. The van der Waals surface area contributed by atoms with E-state index in [1.54, 1.807) is 12.7 Å². The Morgan fingerprint density at radius 3 is 2.91 bits per heavy atom. The zero-order valence-electron chi connectivity index (χ0n) is 14.7. The fraction of sp³-hybridized carbons (Fsp3) is 0.650. The molecule has 0 bridgehead atoms. The third-order valence-corrected chi connectivity index (χ3v) is 6.34. The van der Waals surface area contributed by atoms with Crippen molar-refractivity contribution in [2.24, 2.45) is 28.2 Å². The molecule has 1 fully saturated rings. The Kier molecular flexibility index (Phi) is 4.65. The van der Waals surface area contributed by atoms with Gasteiger partial charge >= 0.3 is 0 Å². The average molecular weight is 314 g/mol. The molecule has 0 radical (unpaired) electrons. The van der Waals surface area contributed by atoms with Crippen LogP contribution in [0.3, 0.4) is 0 Å². The lowest BCUT2D eigenvalue weighted by molar-refractivity contribution is 0.0782. The van der Waals surface area contributed by atoms with Crippen LogP contribution in [0, 0.1) is 17.3 Å². The maximum absolute atomic E-state index is 5.54. The second-order valence-electron chi connectivity index (χ2n) is 7.59. The summed E-state index contributed by atoms with van der Waals surface area (Å²) >= 11 is 0. The average Bonchev–Trinajstić information content (AvgIpc) is 2.57. The first-order valence-corrected chi connectivity index (χ1v) is 9.04. The second-order valence-corrected chi connectivity index (χ2v) is 7.59. The summed E-state index contributed by atoms with van der Waals surface area (Å²) in [6.07, 6.45) is 9.42. The number of aryl methyl sites for hydroxylation is 1. The number of nitrogens with zero attached hydrogens (tertiary/aromatic N) is 1. The third kappa shape index (κ3) is 2.86. The molecule has 23 heavy (non-hydrogen) atoms. The molecule has 0 spiro atoms. The molecule has 1 aromatic rings. The fourth-order valence-electron chi connectivity index (χ4n) is 5.22. The van der Waals surface area contributed by atoms with Gasteiger partial charge < -0.3 is 10.6 Å². The highest BCUT2D eigenvalue weighted by Crippen LogP contribution is 2.55. The first kappa shape index (κ1) is 16.4. The monoisotopic (exact) mass is 314 g/mol. The van der Waals surface area contributed by atoms with E-state index in [0.29, 0.717) is 11.8 Å². The molecule has 2 N–H and O–H groups in total. The van der Waals surface area contributed by atoms with Crippen LogP contribution in [0.25, 0.3) is 0 Å². The van der Waals surface area contributed by atoms with E-state index in [-0.39, 0.29) is 5.41 Å². The highest BCUT2D eigenvalue weighted by molar-refractivity contribution is 5.66. The van der Waals surface area contributed by atoms with Crippen LogP contribution in [0.1, 0.15) is 63.0 Å². The molecule has 0 aromatic heterocycles. The molecule has 4 atom stereocenters. The third-order valence-electron chi connectivity index (χ3n) is 6.34. The molecule has 2 aliphatic carbocycles. The smallest absolute Gasteiger partial charge is 0.119 e. The summed E-state index contributed by atoms with van der Waals surface area (Å²) in [5.41, 5.74) is 3.22. The second kappa shape index (κ2) is 6.54. The van der Waals surface area contributed by atoms with E-state index in [4.69, 9.17) is 10.6 Å². The lowest BCUT2D eigenvalue weighted by atomic mass is 9.54. The van der Waals surface area contributed by atoms with E-state index in [1.807, 2.05) is 6.21 Å². The van der Waals surface area contributed by atoms with Crippen LogP contribution < -0.4 is 10.6 Å². The summed E-state index contributed by atoms with van der Waals surface area (Å²) in [7, 11) is 1.75. The van der Waals surface area contributed by atoms with Crippen molar-refractivity contribution in [3.63, 3.8) is 0 Å². The summed E-state index contributed by atoms with van der Waals surface area (Å²) in [5.74, 6) is 8.66. The molecule has 126 valence electrons. The summed E-state index contributed by atoms with van der Waals surface area (Å²) in [5, 5.41) is 3.93. The Morgan fingerprint density at radius 2 is 2.22 bits per heavy atom. The number of nitrogens with two attached hydrogens (primary N) is 1. The van der Waals surface area contributed by atoms with Crippen molar-refractivity contribution in [2.45, 2.75) is 58.3 Å². The highest BCUT2D eigenvalue weighted by Gasteiger charge is 2.47. The number of fused-ring (bicyclic) bond motifs is 3. The summed E-state index contributed by atoms with van der Waals surface area (Å²) < 4.78 is 5.41. The number of hydrogen-bond donors (Lipinski definition) is 1. The van der Waals surface area contributed by atoms with Crippen LogP contribution in [-0.4, -0.2) is 13.3 Å². The number of hydrogen-bond acceptors (Lipinski definition) is 3. The van der Waals surface area contributed by atoms with E-state index < -0.39 is 0 Å². The van der Waals surface area contributed by atoms with Crippen LogP contribution in [0.2, 0.25) is 0 Å². The van der Waals surface area contributed by atoms with E-state index in [1.165, 1.54) is 44.1 Å². The number of rotatable bonds is 4. The lowest BCUT2D eigenvalue weighted by Crippen LogP contribution is -2.43. The van der Waals surface area contributed by atoms with Gasteiger partial charge in [-0.15, -0.1) is 0 Å². The van der Waals surface area contributed by atoms with Gasteiger partial charge in [0.05, 0.1) is 7.11 Å². The topological polar surface area (TPSA) is 47.6 Å². The minimum atomic E-state index is 0.163. The first-order valence-electron chi connectivity index (χ1n) is 9.04. The maximum atomic E-state index is 5.54. The van der Waals surface area contributed by atoms with Gasteiger partial charge in [0, 0.05) is 11.6 Å². The van der Waals surface area contributed by atoms with E-state index >= 15 is 0 Å². The number of ether oxygens (including phenoxy) is 1. The molecule has 0 unspecified atom stereocenters. The number of methoxy groups -OCH3 is 1. The minimum Gasteiger partial charge on any atom is -0.497 e. The van der Waals surface area contributed by atoms with E-state index in [0.717, 1.165) is 11.7 Å². The van der Waals surface area contributed by atoms with Gasteiger partial charge in [-0.2, -0.15) is 5.10 Å². The quantitative estimate of drug-likeness (QED) is 0.505. The van der Waals surface area contributed by atoms with Crippen LogP contribution in [-0.2, 0) is 6.42 Å². The predicted octanol–water partition coefficient (Wildman–Crippen LogP) is 4.50. The van der Waals surface area contributed by atoms with Crippen molar-refractivity contribution >= 4 is 6.21 Å². The van der Waals surface area contributed by atoms with Crippen LogP contribution in [0.15, 0.2) is 23.3 Å². The molecule has 3 rings (SSSR count). The molecule has 0 saturated heterocycles. The zero-order valence-corrected chi connectivity index (χ0v) is 14.7. The van der Waals surface area contributed by atoms with Gasteiger partial charge in [0.2, 0.25) is 0 Å². The van der Waals surface area contributed by atoms with Crippen molar-refractivity contribution in [2.75, 3.05) is 7.11 Å². The zero-order chi connectivity index (χ0) is 16.4. The van der Waals surface area contributed by atoms with Gasteiger partial charge in [0.15, 0.2) is 0 Å². The fourth-order valence-corrected chi connectivity index (χ4v) is 5.22. The maximum Gasteiger partial charge on any atom is 0.119 e. The molecular formula is C20H30N2O. The van der Waals surface area contributed by atoms with Crippen LogP contribution in [0.4, 0.5) is 0 Å². The molecule has 3 heteroatoms. The van der Waals surface area contributed by atoms with Gasteiger partial charge in [-0.05, 0) is 73.1 Å². The van der Waals surface area contributed by atoms with Gasteiger partial charge in [0.25, 0.3) is 0 Å². The first-order chi connectivity index (χ1) is 11.1. The minimum absolute atomic E-state index is 0.163. The standard InChI is InChI=1S/C20H30N2O/c1-4-5-19-18-8-6-14-12-15(23-3)7-9-16(14)17(18)10-11-20(19,2)13-22-21/h7,9,12-13,17-19H,4-6,8,10-11,21H2,1-3H3/b22-13+/t17-,18-,19+,20-/m1/s1. The summed E-state index contributed by atoms with van der Waals surface area (Å²) in [6, 6.07) is 6.69. The SMILES string of the molecule is CCC[C@H]1[C@@H]2CCc3cc(OC)ccc3[C@H]2CC[C@]1(C)/C=N/N. The lowest BCUT2D eigenvalue weighted by Gasteiger charge is -2.50. The molecule has 0 aliphatic heterocycles. The molecule has 3 nitrogen and oxygen atoms in total. The van der Waals surface area contributed by atoms with Crippen LogP contribution >= 0.6 is 0 Å². The molecule has 1 saturated carbocycles. The number of hydrazone groups is 1. The molecule has 0 amide bonds. The Balaban J connectivity index is 1.94. The summed E-state index contributed by atoms with van der Waals surface area (Å²) in [6.45, 7) is 4.66. The van der Waals surface area contributed by atoms with Crippen molar-refractivity contribution < 1.29 is 4.74 Å². The summed E-state index contributed by atoms with van der Waals surface area (Å²) in [4.78, 5) is 0. The van der Waals surface area contributed by atoms with Crippen molar-refractivity contribution in [1.82, 2.24) is 0 Å². The van der Waals surface area contributed by atoms with Crippen molar-refractivity contribution in [3.05, 3.63) is 29.3 Å². The van der Waals surface area contributed by atoms with Gasteiger partial charge in [-0.3, -0.25) is 0 Å². The van der Waals surface area contributed by atoms with E-state index in [2.05, 4.69) is 37.1 Å². The largest absolute Gasteiger partial charge is 0.497 e. The van der Waals surface area contributed by atoms with Crippen molar-refractivity contribution in [3.8, 4) is 5.75 Å². The molecule has 2 aliphatic rings. The Hall–Kier alpha value is -1.51. The van der Waals surface area contributed by atoms with E-state index in [9.17, 15) is 0 Å². The Morgan fingerprint density at radius 1 is 1.39 bits per heavy atom. The number of benzene rings is 1.